The Morgan fingerprint density at radius 3 is 2.64 bits per heavy atom. The van der Waals surface area contributed by atoms with Crippen LogP contribution < -0.4 is 0 Å². The first-order valence-electron chi connectivity index (χ1n) is 3.82. The molecule has 1 aromatic rings. The first-order valence-corrected chi connectivity index (χ1v) is 4.25. The first-order chi connectivity index (χ1) is 5.29. The fourth-order valence-corrected chi connectivity index (χ4v) is 1.02. The molecular formula is C9H12ClN. The highest BCUT2D eigenvalue weighted by Crippen LogP contribution is 2.06. The lowest BCUT2D eigenvalue weighted by Gasteiger charge is -2.01. The summed E-state index contributed by atoms with van der Waals surface area (Å²) in [5.74, 6) is 0. The molecule has 1 aromatic heterocycles. The van der Waals surface area contributed by atoms with Crippen LogP contribution in [0.3, 0.4) is 0 Å². The zero-order valence-electron chi connectivity index (χ0n) is 6.63. The van der Waals surface area contributed by atoms with E-state index in [-0.39, 0.29) is 5.38 Å². The molecule has 0 bridgehead atoms. The molecule has 0 aliphatic rings. The lowest BCUT2D eigenvalue weighted by Crippen LogP contribution is -1.94. The maximum atomic E-state index is 5.81. The summed E-state index contributed by atoms with van der Waals surface area (Å²) in [7, 11) is 0. The van der Waals surface area contributed by atoms with Crippen molar-refractivity contribution in [2.75, 3.05) is 0 Å². The van der Waals surface area contributed by atoms with Crippen LogP contribution in [0.1, 0.15) is 18.9 Å². The minimum atomic E-state index is 0.267. The van der Waals surface area contributed by atoms with Crippen LogP contribution in [0.2, 0.25) is 0 Å². The second-order valence-electron chi connectivity index (χ2n) is 2.67. The maximum Gasteiger partial charge on any atom is 0.0311 e. The van der Waals surface area contributed by atoms with E-state index in [1.54, 1.807) is 0 Å². The van der Waals surface area contributed by atoms with Gasteiger partial charge < -0.3 is 0 Å². The quantitative estimate of drug-likeness (QED) is 0.634. The largest absolute Gasteiger partial charge is 0.265 e. The van der Waals surface area contributed by atoms with Crippen LogP contribution in [0.4, 0.5) is 0 Å². The molecule has 1 unspecified atom stereocenters. The van der Waals surface area contributed by atoms with Gasteiger partial charge in [-0.15, -0.1) is 11.6 Å². The van der Waals surface area contributed by atoms with E-state index in [2.05, 4.69) is 4.98 Å². The van der Waals surface area contributed by atoms with Crippen LogP contribution in [-0.2, 0) is 6.42 Å². The van der Waals surface area contributed by atoms with Crippen molar-refractivity contribution in [2.24, 2.45) is 0 Å². The van der Waals surface area contributed by atoms with Crippen LogP contribution in [0.25, 0.3) is 0 Å². The van der Waals surface area contributed by atoms with E-state index in [4.69, 9.17) is 11.6 Å². The van der Waals surface area contributed by atoms with Crippen LogP contribution in [0, 0.1) is 0 Å². The van der Waals surface area contributed by atoms with Gasteiger partial charge in [-0.2, -0.15) is 0 Å². The zero-order chi connectivity index (χ0) is 8.10. The summed E-state index contributed by atoms with van der Waals surface area (Å²) in [6.45, 7) is 2.02. The second-order valence-corrected chi connectivity index (χ2v) is 3.42. The van der Waals surface area contributed by atoms with Crippen molar-refractivity contribution in [2.45, 2.75) is 25.1 Å². The molecule has 0 aromatic carbocycles. The van der Waals surface area contributed by atoms with Gasteiger partial charge in [0, 0.05) is 17.8 Å². The number of hydrogen-bond donors (Lipinski definition) is 0. The van der Waals surface area contributed by atoms with Gasteiger partial charge in [0.1, 0.15) is 0 Å². The first kappa shape index (κ1) is 8.54. The van der Waals surface area contributed by atoms with Crippen LogP contribution >= 0.6 is 11.6 Å². The normalized spacial score (nSPS) is 12.9. The molecule has 0 fully saturated rings. The third-order valence-electron chi connectivity index (χ3n) is 1.58. The molecule has 11 heavy (non-hydrogen) atoms. The zero-order valence-corrected chi connectivity index (χ0v) is 7.38. The number of nitrogens with zero attached hydrogens (tertiary/aromatic N) is 1. The molecular weight excluding hydrogens is 158 g/mol. The molecule has 0 amide bonds. The Labute approximate surface area is 72.4 Å². The SMILES string of the molecule is CC(Cl)CCc1ccncc1. The van der Waals surface area contributed by atoms with Crippen LogP contribution in [0.5, 0.6) is 0 Å². The van der Waals surface area contributed by atoms with Gasteiger partial charge in [-0.3, -0.25) is 4.98 Å². The average Bonchev–Trinajstić information content (AvgIpc) is 2.03. The van der Waals surface area contributed by atoms with E-state index in [0.717, 1.165) is 12.8 Å². The van der Waals surface area contributed by atoms with Crippen molar-refractivity contribution in [3.63, 3.8) is 0 Å². The highest BCUT2D eigenvalue weighted by molar-refractivity contribution is 6.20. The standard InChI is InChI=1S/C9H12ClN/c1-8(10)2-3-9-4-6-11-7-5-9/h4-8H,2-3H2,1H3. The van der Waals surface area contributed by atoms with E-state index in [0.29, 0.717) is 0 Å². The summed E-state index contributed by atoms with van der Waals surface area (Å²) in [4.78, 5) is 3.94. The van der Waals surface area contributed by atoms with Gasteiger partial charge in [0.2, 0.25) is 0 Å². The number of alkyl halides is 1. The summed E-state index contributed by atoms with van der Waals surface area (Å²) < 4.78 is 0. The third-order valence-corrected chi connectivity index (χ3v) is 1.80. The van der Waals surface area contributed by atoms with Gasteiger partial charge in [-0.25, -0.2) is 0 Å². The molecule has 0 saturated heterocycles. The predicted molar refractivity (Wildman–Crippen MR) is 47.9 cm³/mol. The van der Waals surface area contributed by atoms with Gasteiger partial charge >= 0.3 is 0 Å². The summed E-state index contributed by atoms with van der Waals surface area (Å²) in [5, 5.41) is 0.267. The van der Waals surface area contributed by atoms with Crippen molar-refractivity contribution in [1.82, 2.24) is 4.98 Å². The van der Waals surface area contributed by atoms with Crippen molar-refractivity contribution >= 4 is 11.6 Å². The molecule has 1 rings (SSSR count). The van der Waals surface area contributed by atoms with Gasteiger partial charge in [-0.1, -0.05) is 0 Å². The van der Waals surface area contributed by atoms with Crippen molar-refractivity contribution in [3.8, 4) is 0 Å². The molecule has 0 radical (unpaired) electrons. The molecule has 0 N–H and O–H groups in total. The molecule has 1 atom stereocenters. The number of aromatic nitrogens is 1. The monoisotopic (exact) mass is 169 g/mol. The molecule has 1 nitrogen and oxygen atoms in total. The van der Waals surface area contributed by atoms with Crippen LogP contribution in [0.15, 0.2) is 24.5 Å². The Bertz CT molecular complexity index is 196. The molecule has 1 heterocycles. The topological polar surface area (TPSA) is 12.9 Å². The molecule has 2 heteroatoms. The highest BCUT2D eigenvalue weighted by Gasteiger charge is 1.96. The summed E-state index contributed by atoms with van der Waals surface area (Å²) >= 11 is 5.81. The van der Waals surface area contributed by atoms with Crippen molar-refractivity contribution < 1.29 is 0 Å². The Hall–Kier alpha value is -0.560. The Morgan fingerprint density at radius 1 is 1.45 bits per heavy atom. The smallest absolute Gasteiger partial charge is 0.0311 e. The van der Waals surface area contributed by atoms with E-state index in [9.17, 15) is 0 Å². The van der Waals surface area contributed by atoms with Gasteiger partial charge in [0.15, 0.2) is 0 Å². The summed E-state index contributed by atoms with van der Waals surface area (Å²) in [6.07, 6.45) is 5.71. The number of halogens is 1. The summed E-state index contributed by atoms with van der Waals surface area (Å²) in [5.41, 5.74) is 1.31. The number of hydrogen-bond acceptors (Lipinski definition) is 1. The number of pyridine rings is 1. The number of rotatable bonds is 3. The van der Waals surface area contributed by atoms with Crippen molar-refractivity contribution in [1.29, 1.82) is 0 Å². The molecule has 0 aliphatic heterocycles. The summed E-state index contributed by atoms with van der Waals surface area (Å²) in [6, 6.07) is 4.05. The Morgan fingerprint density at radius 2 is 2.09 bits per heavy atom. The molecule has 0 aliphatic carbocycles. The second kappa shape index (κ2) is 4.35. The Kier molecular flexibility index (Phi) is 3.37. The van der Waals surface area contributed by atoms with Gasteiger partial charge in [-0.05, 0) is 37.5 Å². The fraction of sp³-hybridized carbons (Fsp3) is 0.444. The molecule has 0 spiro atoms. The van der Waals surface area contributed by atoms with Gasteiger partial charge in [0.05, 0.1) is 0 Å². The lowest BCUT2D eigenvalue weighted by molar-refractivity contribution is 0.802. The third kappa shape index (κ3) is 3.38. The average molecular weight is 170 g/mol. The van der Waals surface area contributed by atoms with E-state index >= 15 is 0 Å². The van der Waals surface area contributed by atoms with E-state index in [1.165, 1.54) is 5.56 Å². The number of aryl methyl sites for hydroxylation is 1. The highest BCUT2D eigenvalue weighted by atomic mass is 35.5. The van der Waals surface area contributed by atoms with E-state index in [1.807, 2.05) is 31.5 Å². The lowest BCUT2D eigenvalue weighted by atomic mass is 10.1. The minimum Gasteiger partial charge on any atom is -0.265 e. The fourth-order valence-electron chi connectivity index (χ4n) is 0.915. The molecule has 60 valence electrons. The predicted octanol–water partition coefficient (Wildman–Crippen LogP) is 2.64. The molecule has 0 saturated carbocycles. The van der Waals surface area contributed by atoms with E-state index < -0.39 is 0 Å². The maximum absolute atomic E-state index is 5.81. The minimum absolute atomic E-state index is 0.267. The van der Waals surface area contributed by atoms with Gasteiger partial charge in [0.25, 0.3) is 0 Å². The van der Waals surface area contributed by atoms with Crippen molar-refractivity contribution in [3.05, 3.63) is 30.1 Å². The Balaban J connectivity index is 2.39. The van der Waals surface area contributed by atoms with Crippen LogP contribution in [-0.4, -0.2) is 10.4 Å².